The van der Waals surface area contributed by atoms with Gasteiger partial charge in [-0.25, -0.2) is 0 Å². The molecular formula is C19H21N5. The summed E-state index contributed by atoms with van der Waals surface area (Å²) >= 11 is 0. The minimum Gasteiger partial charge on any atom is -0.352 e. The Morgan fingerprint density at radius 3 is 2.46 bits per heavy atom. The second-order valence-electron chi connectivity index (χ2n) is 6.34. The topological polar surface area (TPSA) is 45.2 Å². The Morgan fingerprint density at radius 2 is 1.71 bits per heavy atom. The van der Waals surface area contributed by atoms with Gasteiger partial charge in [-0.2, -0.15) is 5.10 Å². The Kier molecular flexibility index (Phi) is 4.09. The van der Waals surface area contributed by atoms with Gasteiger partial charge in [-0.05, 0) is 18.7 Å². The summed E-state index contributed by atoms with van der Waals surface area (Å²) in [7, 11) is 2.16. The fourth-order valence-corrected chi connectivity index (χ4v) is 3.22. The van der Waals surface area contributed by atoms with Crippen molar-refractivity contribution < 1.29 is 0 Å². The van der Waals surface area contributed by atoms with Crippen molar-refractivity contribution in [1.82, 2.24) is 20.1 Å². The highest BCUT2D eigenvalue weighted by atomic mass is 15.3. The van der Waals surface area contributed by atoms with Gasteiger partial charge in [0.1, 0.15) is 0 Å². The maximum atomic E-state index is 4.59. The van der Waals surface area contributed by atoms with Crippen LogP contribution < -0.4 is 4.90 Å². The lowest BCUT2D eigenvalue weighted by Gasteiger charge is -2.33. The van der Waals surface area contributed by atoms with Crippen LogP contribution in [0.25, 0.3) is 10.8 Å². The number of piperazine rings is 1. The molecule has 1 aromatic carbocycles. The lowest BCUT2D eigenvalue weighted by Crippen LogP contribution is -2.45. The van der Waals surface area contributed by atoms with Crippen LogP contribution in [0.3, 0.4) is 0 Å². The second-order valence-corrected chi connectivity index (χ2v) is 6.34. The van der Waals surface area contributed by atoms with Gasteiger partial charge in [-0.15, -0.1) is 5.10 Å². The molecule has 1 saturated heterocycles. The van der Waals surface area contributed by atoms with Gasteiger partial charge in [0.15, 0.2) is 5.82 Å². The van der Waals surface area contributed by atoms with Crippen LogP contribution in [0, 0.1) is 0 Å². The van der Waals surface area contributed by atoms with Crippen molar-refractivity contribution in [3.8, 4) is 0 Å². The quantitative estimate of drug-likeness (QED) is 0.741. The average molecular weight is 319 g/mol. The van der Waals surface area contributed by atoms with Crippen molar-refractivity contribution in [2.45, 2.75) is 6.42 Å². The van der Waals surface area contributed by atoms with Gasteiger partial charge in [-0.1, -0.05) is 30.3 Å². The Morgan fingerprint density at radius 1 is 0.917 bits per heavy atom. The van der Waals surface area contributed by atoms with E-state index in [4.69, 9.17) is 0 Å². The van der Waals surface area contributed by atoms with E-state index < -0.39 is 0 Å². The lowest BCUT2D eigenvalue weighted by atomic mass is 10.0. The van der Waals surface area contributed by atoms with E-state index in [0.29, 0.717) is 0 Å². The van der Waals surface area contributed by atoms with E-state index in [2.05, 4.69) is 62.4 Å². The standard InChI is InChI=1S/C19H21N5/c1-23-9-11-24(12-10-23)19-17-7-3-2-6-16(17)18(21-22-19)13-15-5-4-8-20-14-15/h2-8,14H,9-13H2,1H3. The summed E-state index contributed by atoms with van der Waals surface area (Å²) < 4.78 is 0. The van der Waals surface area contributed by atoms with E-state index in [1.807, 2.05) is 12.3 Å². The molecule has 0 unspecified atom stereocenters. The lowest BCUT2D eigenvalue weighted by molar-refractivity contribution is 0.312. The Hall–Kier alpha value is -2.53. The molecule has 0 aliphatic carbocycles. The number of hydrogen-bond donors (Lipinski definition) is 0. The number of hydrogen-bond acceptors (Lipinski definition) is 5. The van der Waals surface area contributed by atoms with E-state index >= 15 is 0 Å². The van der Waals surface area contributed by atoms with Crippen LogP contribution in [0.4, 0.5) is 5.82 Å². The summed E-state index contributed by atoms with van der Waals surface area (Å²) in [4.78, 5) is 8.90. The van der Waals surface area contributed by atoms with Crippen molar-refractivity contribution in [3.63, 3.8) is 0 Å². The summed E-state index contributed by atoms with van der Waals surface area (Å²) in [5.74, 6) is 1.01. The van der Waals surface area contributed by atoms with Crippen molar-refractivity contribution >= 4 is 16.6 Å². The fraction of sp³-hybridized carbons (Fsp3) is 0.316. The monoisotopic (exact) mass is 319 g/mol. The molecule has 0 bridgehead atoms. The Labute approximate surface area is 142 Å². The van der Waals surface area contributed by atoms with Crippen molar-refractivity contribution in [1.29, 1.82) is 0 Å². The summed E-state index contributed by atoms with van der Waals surface area (Å²) in [6.45, 7) is 4.12. The Balaban J connectivity index is 1.72. The van der Waals surface area contributed by atoms with E-state index in [1.165, 1.54) is 10.8 Å². The molecule has 5 nitrogen and oxygen atoms in total. The molecule has 5 heteroatoms. The number of aromatic nitrogens is 3. The molecule has 0 saturated carbocycles. The van der Waals surface area contributed by atoms with E-state index in [-0.39, 0.29) is 0 Å². The third-order valence-electron chi connectivity index (χ3n) is 4.64. The number of fused-ring (bicyclic) bond motifs is 1. The van der Waals surface area contributed by atoms with Gasteiger partial charge < -0.3 is 9.80 Å². The molecule has 3 heterocycles. The van der Waals surface area contributed by atoms with Gasteiger partial charge in [0.25, 0.3) is 0 Å². The first-order valence-corrected chi connectivity index (χ1v) is 8.38. The van der Waals surface area contributed by atoms with E-state index in [1.54, 1.807) is 6.20 Å². The molecular weight excluding hydrogens is 298 g/mol. The minimum atomic E-state index is 0.754. The van der Waals surface area contributed by atoms with Crippen molar-refractivity contribution in [3.05, 3.63) is 60.0 Å². The maximum Gasteiger partial charge on any atom is 0.159 e. The summed E-state index contributed by atoms with van der Waals surface area (Å²) in [5, 5.41) is 11.5. The predicted octanol–water partition coefficient (Wildman–Crippen LogP) is 2.37. The summed E-state index contributed by atoms with van der Waals surface area (Å²) in [5.41, 5.74) is 2.17. The first-order chi connectivity index (χ1) is 11.8. The zero-order valence-corrected chi connectivity index (χ0v) is 13.9. The van der Waals surface area contributed by atoms with Gasteiger partial charge in [0, 0.05) is 55.8 Å². The zero-order chi connectivity index (χ0) is 16.4. The van der Waals surface area contributed by atoms with Crippen LogP contribution in [0.2, 0.25) is 0 Å². The molecule has 2 aromatic heterocycles. The molecule has 0 N–H and O–H groups in total. The number of pyridine rings is 1. The van der Waals surface area contributed by atoms with Gasteiger partial charge >= 0.3 is 0 Å². The molecule has 0 spiro atoms. The number of anilines is 1. The third kappa shape index (κ3) is 2.95. The molecule has 1 fully saturated rings. The largest absolute Gasteiger partial charge is 0.352 e. The van der Waals surface area contributed by atoms with Crippen LogP contribution >= 0.6 is 0 Å². The van der Waals surface area contributed by atoms with Gasteiger partial charge in [-0.3, -0.25) is 4.98 Å². The van der Waals surface area contributed by atoms with E-state index in [9.17, 15) is 0 Å². The first kappa shape index (κ1) is 15.0. The molecule has 0 amide bonds. The Bertz CT molecular complexity index is 826. The molecule has 0 atom stereocenters. The van der Waals surface area contributed by atoms with Crippen LogP contribution in [0.1, 0.15) is 11.3 Å². The number of benzene rings is 1. The SMILES string of the molecule is CN1CCN(c2nnc(Cc3cccnc3)c3ccccc23)CC1. The first-order valence-electron chi connectivity index (χ1n) is 8.38. The highest BCUT2D eigenvalue weighted by molar-refractivity contribution is 5.93. The number of nitrogens with zero attached hydrogens (tertiary/aromatic N) is 5. The highest BCUT2D eigenvalue weighted by Crippen LogP contribution is 2.27. The predicted molar refractivity (Wildman–Crippen MR) is 96.3 cm³/mol. The molecule has 24 heavy (non-hydrogen) atoms. The highest BCUT2D eigenvalue weighted by Gasteiger charge is 2.19. The van der Waals surface area contributed by atoms with Crippen LogP contribution in [-0.4, -0.2) is 53.3 Å². The fourth-order valence-electron chi connectivity index (χ4n) is 3.22. The van der Waals surface area contributed by atoms with Crippen LogP contribution in [0.15, 0.2) is 48.8 Å². The minimum absolute atomic E-state index is 0.754. The van der Waals surface area contributed by atoms with E-state index in [0.717, 1.165) is 49.7 Å². The number of likely N-dealkylation sites (N-methyl/N-ethyl adjacent to an activating group) is 1. The van der Waals surface area contributed by atoms with Crippen LogP contribution in [-0.2, 0) is 6.42 Å². The molecule has 122 valence electrons. The molecule has 1 aliphatic rings. The zero-order valence-electron chi connectivity index (χ0n) is 13.9. The molecule has 1 aliphatic heterocycles. The van der Waals surface area contributed by atoms with Gasteiger partial charge in [0.05, 0.1) is 5.69 Å². The smallest absolute Gasteiger partial charge is 0.159 e. The van der Waals surface area contributed by atoms with Gasteiger partial charge in [0.2, 0.25) is 0 Å². The maximum absolute atomic E-state index is 4.59. The molecule has 3 aromatic rings. The number of rotatable bonds is 3. The summed E-state index contributed by atoms with van der Waals surface area (Å²) in [6.07, 6.45) is 4.44. The van der Waals surface area contributed by atoms with Crippen LogP contribution in [0.5, 0.6) is 0 Å². The average Bonchev–Trinajstić information content (AvgIpc) is 2.64. The molecule has 0 radical (unpaired) electrons. The third-order valence-corrected chi connectivity index (χ3v) is 4.64. The second kappa shape index (κ2) is 6.53. The van der Waals surface area contributed by atoms with Crippen molar-refractivity contribution in [2.24, 2.45) is 0 Å². The normalized spacial score (nSPS) is 15.8. The van der Waals surface area contributed by atoms with Crippen molar-refractivity contribution in [2.75, 3.05) is 38.1 Å². The summed E-state index contributed by atoms with van der Waals surface area (Å²) in [6, 6.07) is 12.5. The molecule has 4 rings (SSSR count).